The highest BCUT2D eigenvalue weighted by molar-refractivity contribution is 5.48. The minimum atomic E-state index is 0.240. The summed E-state index contributed by atoms with van der Waals surface area (Å²) in [6.45, 7) is 1.36. The zero-order valence-corrected chi connectivity index (χ0v) is 13.6. The highest BCUT2D eigenvalue weighted by atomic mass is 16.5. The Hall–Kier alpha value is -2.36. The molecule has 2 aliphatic heterocycles. The highest BCUT2D eigenvalue weighted by Gasteiger charge is 2.32. The molecule has 2 aromatic carbocycles. The molecule has 0 aliphatic carbocycles. The van der Waals surface area contributed by atoms with Gasteiger partial charge in [-0.1, -0.05) is 12.1 Å². The molecule has 126 valence electrons. The Balaban J connectivity index is 1.78. The van der Waals surface area contributed by atoms with E-state index in [1.165, 1.54) is 0 Å². The Bertz CT molecular complexity index is 677. The van der Waals surface area contributed by atoms with Gasteiger partial charge in [-0.25, -0.2) is 0 Å². The van der Waals surface area contributed by atoms with Crippen LogP contribution in [0, 0.1) is 0 Å². The van der Waals surface area contributed by atoms with Crippen LogP contribution in [0.1, 0.15) is 48.6 Å². The van der Waals surface area contributed by atoms with Gasteiger partial charge in [0.1, 0.15) is 23.0 Å². The summed E-state index contributed by atoms with van der Waals surface area (Å²) in [4.78, 5) is 0. The molecule has 2 atom stereocenters. The molecule has 4 rings (SSSR count). The third-order valence-electron chi connectivity index (χ3n) is 5.11. The van der Waals surface area contributed by atoms with Gasteiger partial charge in [-0.15, -0.1) is 0 Å². The van der Waals surface area contributed by atoms with Crippen molar-refractivity contribution in [3.05, 3.63) is 47.5 Å². The number of phenols is 2. The van der Waals surface area contributed by atoms with Gasteiger partial charge in [0.25, 0.3) is 0 Å². The van der Waals surface area contributed by atoms with Gasteiger partial charge in [0, 0.05) is 12.1 Å². The van der Waals surface area contributed by atoms with Gasteiger partial charge in [0.2, 0.25) is 0 Å². The third kappa shape index (κ3) is 2.77. The van der Waals surface area contributed by atoms with Crippen molar-refractivity contribution in [3.63, 3.8) is 0 Å². The van der Waals surface area contributed by atoms with E-state index in [2.05, 4.69) is 0 Å². The molecule has 4 heteroatoms. The van der Waals surface area contributed by atoms with Crippen LogP contribution in [-0.4, -0.2) is 23.4 Å². The number of hydrogen-bond donors (Lipinski definition) is 2. The number of hydrogen-bond acceptors (Lipinski definition) is 4. The minimum absolute atomic E-state index is 0.240. The molecule has 2 heterocycles. The molecule has 24 heavy (non-hydrogen) atoms. The first kappa shape index (κ1) is 15.2. The van der Waals surface area contributed by atoms with Crippen LogP contribution in [0.3, 0.4) is 0 Å². The monoisotopic (exact) mass is 326 g/mol. The van der Waals surface area contributed by atoms with Crippen molar-refractivity contribution < 1.29 is 19.7 Å². The summed E-state index contributed by atoms with van der Waals surface area (Å²) < 4.78 is 11.7. The standard InChI is InChI=1S/C20H22O4/c21-13-5-7-17-15(3-1-9-23-19(17)11-13)16-4-2-10-24-20-12-14(22)6-8-18(16)20/h5-8,11-12,15-16,21-22H,1-4,9-10H2. The zero-order chi connectivity index (χ0) is 16.5. The van der Waals surface area contributed by atoms with Crippen molar-refractivity contribution in [2.75, 3.05) is 13.2 Å². The fraction of sp³-hybridized carbons (Fsp3) is 0.400. The maximum atomic E-state index is 9.78. The SMILES string of the molecule is Oc1ccc2c(c1)OCCCC2C1CCCOc2cc(O)ccc21. The average Bonchev–Trinajstić information content (AvgIpc) is 2.89. The Kier molecular flexibility index (Phi) is 3.97. The number of phenolic OH excluding ortho intramolecular Hbond substituents is 2. The van der Waals surface area contributed by atoms with E-state index >= 15 is 0 Å². The second-order valence-electron chi connectivity index (χ2n) is 6.64. The van der Waals surface area contributed by atoms with Crippen molar-refractivity contribution in [1.82, 2.24) is 0 Å². The normalized spacial score (nSPS) is 23.0. The summed E-state index contributed by atoms with van der Waals surface area (Å²) in [5.41, 5.74) is 2.33. The molecule has 0 spiro atoms. The summed E-state index contributed by atoms with van der Waals surface area (Å²) in [6, 6.07) is 10.9. The minimum Gasteiger partial charge on any atom is -0.508 e. The summed E-state index contributed by atoms with van der Waals surface area (Å²) in [7, 11) is 0. The van der Waals surface area contributed by atoms with E-state index in [-0.39, 0.29) is 11.5 Å². The van der Waals surface area contributed by atoms with Gasteiger partial charge >= 0.3 is 0 Å². The Morgan fingerprint density at radius 2 is 1.17 bits per heavy atom. The van der Waals surface area contributed by atoms with Crippen LogP contribution in [0.2, 0.25) is 0 Å². The molecule has 0 saturated carbocycles. The van der Waals surface area contributed by atoms with E-state index in [4.69, 9.17) is 9.47 Å². The van der Waals surface area contributed by atoms with Crippen molar-refractivity contribution in [2.24, 2.45) is 0 Å². The van der Waals surface area contributed by atoms with E-state index in [1.807, 2.05) is 12.1 Å². The fourth-order valence-electron chi connectivity index (χ4n) is 4.03. The number of aromatic hydroxyl groups is 2. The number of fused-ring (bicyclic) bond motifs is 2. The molecular formula is C20H22O4. The van der Waals surface area contributed by atoms with Crippen LogP contribution in [0.15, 0.2) is 36.4 Å². The quantitative estimate of drug-likeness (QED) is 0.820. The first-order chi connectivity index (χ1) is 11.7. The van der Waals surface area contributed by atoms with E-state index in [0.717, 1.165) is 48.3 Å². The average molecular weight is 326 g/mol. The Morgan fingerprint density at radius 3 is 1.62 bits per heavy atom. The van der Waals surface area contributed by atoms with Crippen LogP contribution >= 0.6 is 0 Å². The zero-order valence-electron chi connectivity index (χ0n) is 13.6. The molecule has 0 aromatic heterocycles. The predicted molar refractivity (Wildman–Crippen MR) is 91.2 cm³/mol. The molecule has 4 nitrogen and oxygen atoms in total. The second kappa shape index (κ2) is 6.27. The van der Waals surface area contributed by atoms with Gasteiger partial charge in [0.15, 0.2) is 0 Å². The molecule has 2 N–H and O–H groups in total. The van der Waals surface area contributed by atoms with E-state index in [1.54, 1.807) is 24.3 Å². The smallest absolute Gasteiger partial charge is 0.126 e. The third-order valence-corrected chi connectivity index (χ3v) is 5.11. The molecule has 0 bridgehead atoms. The van der Waals surface area contributed by atoms with Crippen molar-refractivity contribution in [1.29, 1.82) is 0 Å². The summed E-state index contributed by atoms with van der Waals surface area (Å²) in [5.74, 6) is 2.72. The summed E-state index contributed by atoms with van der Waals surface area (Å²) >= 11 is 0. The van der Waals surface area contributed by atoms with E-state index < -0.39 is 0 Å². The lowest BCUT2D eigenvalue weighted by atomic mass is 9.76. The van der Waals surface area contributed by atoms with Crippen LogP contribution in [0.25, 0.3) is 0 Å². The van der Waals surface area contributed by atoms with Gasteiger partial charge in [-0.05, 0) is 60.8 Å². The Labute approximate surface area is 141 Å². The molecule has 2 unspecified atom stereocenters. The Morgan fingerprint density at radius 1 is 0.708 bits per heavy atom. The first-order valence-corrected chi connectivity index (χ1v) is 8.64. The lowest BCUT2D eigenvalue weighted by Crippen LogP contribution is -2.11. The topological polar surface area (TPSA) is 58.9 Å². The molecule has 0 amide bonds. The van der Waals surface area contributed by atoms with Crippen LogP contribution in [-0.2, 0) is 0 Å². The summed E-state index contributed by atoms with van der Waals surface area (Å²) in [5, 5.41) is 19.6. The van der Waals surface area contributed by atoms with Gasteiger partial charge in [-0.2, -0.15) is 0 Å². The lowest BCUT2D eigenvalue weighted by Gasteiger charge is -2.27. The van der Waals surface area contributed by atoms with Crippen LogP contribution < -0.4 is 9.47 Å². The molecular weight excluding hydrogens is 304 g/mol. The van der Waals surface area contributed by atoms with E-state index in [0.29, 0.717) is 25.0 Å². The number of benzene rings is 2. The molecule has 0 saturated heterocycles. The van der Waals surface area contributed by atoms with E-state index in [9.17, 15) is 10.2 Å². The molecule has 2 aromatic rings. The highest BCUT2D eigenvalue weighted by Crippen LogP contribution is 2.48. The fourth-order valence-corrected chi connectivity index (χ4v) is 4.03. The van der Waals surface area contributed by atoms with Crippen LogP contribution in [0.5, 0.6) is 23.0 Å². The molecule has 2 aliphatic rings. The molecule has 0 radical (unpaired) electrons. The number of ether oxygens (including phenoxy) is 2. The summed E-state index contributed by atoms with van der Waals surface area (Å²) in [6.07, 6.45) is 4.07. The number of rotatable bonds is 1. The second-order valence-corrected chi connectivity index (χ2v) is 6.64. The van der Waals surface area contributed by atoms with Crippen LogP contribution in [0.4, 0.5) is 0 Å². The van der Waals surface area contributed by atoms with Gasteiger partial charge in [-0.3, -0.25) is 0 Å². The first-order valence-electron chi connectivity index (χ1n) is 8.64. The van der Waals surface area contributed by atoms with Crippen molar-refractivity contribution in [2.45, 2.75) is 37.5 Å². The maximum absolute atomic E-state index is 9.78. The predicted octanol–water partition coefficient (Wildman–Crippen LogP) is 4.31. The van der Waals surface area contributed by atoms with Gasteiger partial charge in [0.05, 0.1) is 13.2 Å². The van der Waals surface area contributed by atoms with Crippen molar-refractivity contribution >= 4 is 0 Å². The van der Waals surface area contributed by atoms with Crippen molar-refractivity contribution in [3.8, 4) is 23.0 Å². The maximum Gasteiger partial charge on any atom is 0.126 e. The molecule has 0 fully saturated rings. The lowest BCUT2D eigenvalue weighted by molar-refractivity contribution is 0.311. The van der Waals surface area contributed by atoms with Gasteiger partial charge < -0.3 is 19.7 Å². The largest absolute Gasteiger partial charge is 0.508 e.